The number of hydrogen-bond donors (Lipinski definition) is 2. The molecule has 5 nitrogen and oxygen atoms in total. The Bertz CT molecular complexity index is 658. The van der Waals surface area contributed by atoms with Crippen molar-refractivity contribution in [1.82, 2.24) is 4.98 Å². The molecule has 0 radical (unpaired) electrons. The lowest BCUT2D eigenvalue weighted by atomic mass is 10.1. The van der Waals surface area contributed by atoms with Crippen LogP contribution in [0.3, 0.4) is 0 Å². The third-order valence-corrected chi connectivity index (χ3v) is 2.44. The van der Waals surface area contributed by atoms with Crippen LogP contribution in [-0.4, -0.2) is 22.2 Å². The summed E-state index contributed by atoms with van der Waals surface area (Å²) in [4.78, 5) is 25.5. The second-order valence-corrected chi connectivity index (χ2v) is 4.18. The molecule has 0 bridgehead atoms. The molecule has 94 valence electrons. The molecule has 1 aromatic heterocycles. The monoisotopic (exact) mass is 247 g/mol. The maximum Gasteiger partial charge on any atom is 0.345 e. The van der Waals surface area contributed by atoms with E-state index < -0.39 is 11.5 Å². The molecule has 1 aromatic carbocycles. The number of carboxylic acid groups (broad SMARTS) is 1. The summed E-state index contributed by atoms with van der Waals surface area (Å²) in [6.07, 6.45) is -0.215. The van der Waals surface area contributed by atoms with Crippen molar-refractivity contribution in [2.24, 2.45) is 0 Å². The number of aromatic amines is 1. The van der Waals surface area contributed by atoms with Crippen LogP contribution in [0.15, 0.2) is 29.1 Å². The van der Waals surface area contributed by atoms with Gasteiger partial charge in [-0.1, -0.05) is 12.1 Å². The number of H-pyrrole nitrogens is 1. The summed E-state index contributed by atoms with van der Waals surface area (Å²) < 4.78 is 5.50. The highest BCUT2D eigenvalue weighted by Gasteiger charge is 2.20. The molecule has 0 saturated carbocycles. The van der Waals surface area contributed by atoms with Crippen LogP contribution in [-0.2, 0) is 0 Å². The Morgan fingerprint density at radius 1 is 1.33 bits per heavy atom. The number of carboxylic acids is 1. The van der Waals surface area contributed by atoms with E-state index in [2.05, 4.69) is 4.98 Å². The van der Waals surface area contributed by atoms with E-state index in [0.29, 0.717) is 10.9 Å². The number of benzene rings is 1. The molecular weight excluding hydrogens is 234 g/mol. The van der Waals surface area contributed by atoms with E-state index in [1.54, 1.807) is 38.1 Å². The van der Waals surface area contributed by atoms with Crippen molar-refractivity contribution < 1.29 is 14.6 Å². The van der Waals surface area contributed by atoms with Crippen LogP contribution in [0.2, 0.25) is 0 Å². The van der Waals surface area contributed by atoms with E-state index >= 15 is 0 Å². The van der Waals surface area contributed by atoms with Crippen molar-refractivity contribution in [2.75, 3.05) is 0 Å². The Morgan fingerprint density at radius 2 is 2.00 bits per heavy atom. The topological polar surface area (TPSA) is 79.4 Å². The summed E-state index contributed by atoms with van der Waals surface area (Å²) in [7, 11) is 0. The number of aromatic carboxylic acids is 1. The Kier molecular flexibility index (Phi) is 3.06. The highest BCUT2D eigenvalue weighted by atomic mass is 16.5. The fourth-order valence-electron chi connectivity index (χ4n) is 1.77. The molecule has 0 spiro atoms. The highest BCUT2D eigenvalue weighted by molar-refractivity contribution is 5.98. The zero-order valence-corrected chi connectivity index (χ0v) is 10.1. The number of rotatable bonds is 3. The summed E-state index contributed by atoms with van der Waals surface area (Å²) >= 11 is 0. The maximum atomic E-state index is 11.8. The van der Waals surface area contributed by atoms with Gasteiger partial charge in [-0.25, -0.2) is 4.79 Å². The first-order valence-electron chi connectivity index (χ1n) is 5.55. The predicted molar refractivity (Wildman–Crippen MR) is 67.3 cm³/mol. The summed E-state index contributed by atoms with van der Waals surface area (Å²) in [5.41, 5.74) is -0.456. The molecule has 0 amide bonds. The average molecular weight is 247 g/mol. The molecule has 2 rings (SSSR count). The van der Waals surface area contributed by atoms with Gasteiger partial charge >= 0.3 is 5.97 Å². The maximum absolute atomic E-state index is 11.8. The zero-order chi connectivity index (χ0) is 13.3. The van der Waals surface area contributed by atoms with E-state index in [0.717, 1.165) is 0 Å². The molecule has 0 aliphatic rings. The van der Waals surface area contributed by atoms with Gasteiger partial charge in [0, 0.05) is 5.39 Å². The molecular formula is C13H13NO4. The minimum atomic E-state index is -1.29. The van der Waals surface area contributed by atoms with E-state index in [4.69, 9.17) is 9.84 Å². The summed E-state index contributed by atoms with van der Waals surface area (Å²) in [5.74, 6) is -1.17. The molecule has 1 heterocycles. The quantitative estimate of drug-likeness (QED) is 0.869. The van der Waals surface area contributed by atoms with Gasteiger partial charge in [-0.3, -0.25) is 4.79 Å². The van der Waals surface area contributed by atoms with Gasteiger partial charge in [0.1, 0.15) is 5.75 Å². The predicted octanol–water partition coefficient (Wildman–Crippen LogP) is 2.01. The first-order chi connectivity index (χ1) is 8.50. The van der Waals surface area contributed by atoms with Gasteiger partial charge in [0.05, 0.1) is 11.6 Å². The number of nitrogens with one attached hydrogen (secondary N) is 1. The van der Waals surface area contributed by atoms with E-state index in [9.17, 15) is 9.59 Å². The van der Waals surface area contributed by atoms with Crippen LogP contribution in [0.1, 0.15) is 24.2 Å². The summed E-state index contributed by atoms with van der Waals surface area (Å²) in [6, 6.07) is 6.95. The average Bonchev–Trinajstić information content (AvgIpc) is 2.27. The number of carbonyl (C=O) groups is 1. The number of para-hydroxylation sites is 1. The van der Waals surface area contributed by atoms with Crippen molar-refractivity contribution in [3.63, 3.8) is 0 Å². The molecule has 0 atom stereocenters. The van der Waals surface area contributed by atoms with Crippen LogP contribution in [0, 0.1) is 0 Å². The third-order valence-electron chi connectivity index (χ3n) is 2.44. The minimum absolute atomic E-state index is 0.122. The summed E-state index contributed by atoms with van der Waals surface area (Å²) in [5, 5.41) is 9.71. The lowest BCUT2D eigenvalue weighted by Crippen LogP contribution is -2.21. The van der Waals surface area contributed by atoms with E-state index in [-0.39, 0.29) is 17.4 Å². The highest BCUT2D eigenvalue weighted by Crippen LogP contribution is 2.27. The molecule has 0 saturated heterocycles. The Balaban J connectivity index is 2.85. The second-order valence-electron chi connectivity index (χ2n) is 4.18. The Morgan fingerprint density at radius 3 is 2.61 bits per heavy atom. The molecule has 0 aliphatic heterocycles. The van der Waals surface area contributed by atoms with Crippen LogP contribution < -0.4 is 10.3 Å². The first-order valence-corrected chi connectivity index (χ1v) is 5.55. The lowest BCUT2D eigenvalue weighted by Gasteiger charge is -2.14. The first kappa shape index (κ1) is 12.2. The van der Waals surface area contributed by atoms with Crippen molar-refractivity contribution in [2.45, 2.75) is 20.0 Å². The standard InChI is InChI=1S/C13H13NO4/c1-7(2)18-11-8-5-3-4-6-9(8)14-12(15)10(11)13(16)17/h3-7H,1-2H3,(H,14,15)(H,16,17). The fraction of sp³-hybridized carbons (Fsp3) is 0.231. The van der Waals surface area contributed by atoms with Gasteiger partial charge < -0.3 is 14.8 Å². The number of hydrogen-bond acceptors (Lipinski definition) is 3. The number of ether oxygens (including phenoxy) is 1. The summed E-state index contributed by atoms with van der Waals surface area (Å²) in [6.45, 7) is 3.56. The van der Waals surface area contributed by atoms with Gasteiger partial charge in [0.2, 0.25) is 0 Å². The molecule has 5 heteroatoms. The Hall–Kier alpha value is -2.30. The van der Waals surface area contributed by atoms with Gasteiger partial charge in [0.15, 0.2) is 5.56 Å². The van der Waals surface area contributed by atoms with Crippen molar-refractivity contribution in [3.05, 3.63) is 40.2 Å². The van der Waals surface area contributed by atoms with E-state index in [1.165, 1.54) is 0 Å². The van der Waals surface area contributed by atoms with Crippen molar-refractivity contribution >= 4 is 16.9 Å². The van der Waals surface area contributed by atoms with Crippen LogP contribution in [0.4, 0.5) is 0 Å². The van der Waals surface area contributed by atoms with Crippen molar-refractivity contribution in [3.8, 4) is 5.75 Å². The molecule has 0 aliphatic carbocycles. The Labute approximate surface area is 103 Å². The zero-order valence-electron chi connectivity index (χ0n) is 10.1. The molecule has 18 heavy (non-hydrogen) atoms. The second kappa shape index (κ2) is 4.52. The van der Waals surface area contributed by atoms with E-state index in [1.807, 2.05) is 0 Å². The number of fused-ring (bicyclic) bond motifs is 1. The van der Waals surface area contributed by atoms with Crippen LogP contribution in [0.5, 0.6) is 5.75 Å². The minimum Gasteiger partial charge on any atom is -0.489 e. The van der Waals surface area contributed by atoms with Crippen molar-refractivity contribution in [1.29, 1.82) is 0 Å². The largest absolute Gasteiger partial charge is 0.489 e. The fourth-order valence-corrected chi connectivity index (χ4v) is 1.77. The van der Waals surface area contributed by atoms with Gasteiger partial charge in [-0.15, -0.1) is 0 Å². The van der Waals surface area contributed by atoms with Gasteiger partial charge in [0.25, 0.3) is 5.56 Å². The molecule has 0 fully saturated rings. The van der Waals surface area contributed by atoms with Gasteiger partial charge in [-0.05, 0) is 26.0 Å². The molecule has 2 N–H and O–H groups in total. The molecule has 0 unspecified atom stereocenters. The SMILES string of the molecule is CC(C)Oc1c(C(=O)O)c(=O)[nH]c2ccccc12. The lowest BCUT2D eigenvalue weighted by molar-refractivity contribution is 0.0689. The van der Waals surface area contributed by atoms with Crippen LogP contribution >= 0.6 is 0 Å². The smallest absolute Gasteiger partial charge is 0.345 e. The van der Waals surface area contributed by atoms with Gasteiger partial charge in [-0.2, -0.15) is 0 Å². The number of pyridine rings is 1. The van der Waals surface area contributed by atoms with Crippen LogP contribution in [0.25, 0.3) is 10.9 Å². The normalized spacial score (nSPS) is 10.8. The number of aromatic nitrogens is 1. The third kappa shape index (κ3) is 2.07. The molecule has 2 aromatic rings.